The van der Waals surface area contributed by atoms with Crippen molar-refractivity contribution < 1.29 is 18.0 Å². The van der Waals surface area contributed by atoms with Crippen molar-refractivity contribution in [3.63, 3.8) is 0 Å². The number of hydrogen-bond donors (Lipinski definition) is 3. The summed E-state index contributed by atoms with van der Waals surface area (Å²) in [5.74, 6) is -0.0109. The Morgan fingerprint density at radius 2 is 1.69 bits per heavy atom. The molecule has 0 fully saturated rings. The fraction of sp³-hybridized carbons (Fsp3) is 0.429. The number of nitrogens with zero attached hydrogens (tertiary/aromatic N) is 4. The topological polar surface area (TPSA) is 95.1 Å². The average Bonchev–Trinajstić information content (AvgIpc) is 3.27. The SMILES string of the molecule is CC(C)NC(=O)c1cnc(Nc2ccc3c(c2)CC(N(C)C)C3)nc1Nc1ccnc(C(C)(C)C(F)(F)F)c1. The van der Waals surface area contributed by atoms with Crippen LogP contribution in [0.3, 0.4) is 0 Å². The fourth-order valence-corrected chi connectivity index (χ4v) is 4.34. The normalized spacial score (nSPS) is 15.4. The lowest BCUT2D eigenvalue weighted by molar-refractivity contribution is -0.181. The highest BCUT2D eigenvalue weighted by Gasteiger charge is 2.49. The Morgan fingerprint density at radius 1 is 1.00 bits per heavy atom. The van der Waals surface area contributed by atoms with Gasteiger partial charge in [0, 0.05) is 35.9 Å². The predicted molar refractivity (Wildman–Crippen MR) is 146 cm³/mol. The predicted octanol–water partition coefficient (Wildman–Crippen LogP) is 5.37. The number of carbonyl (C=O) groups excluding carboxylic acids is 1. The minimum atomic E-state index is -4.49. The van der Waals surface area contributed by atoms with Crippen LogP contribution in [0.5, 0.6) is 0 Å². The number of anilines is 4. The van der Waals surface area contributed by atoms with Gasteiger partial charge in [-0.15, -0.1) is 0 Å². The second-order valence-electron chi connectivity index (χ2n) is 10.9. The van der Waals surface area contributed by atoms with Gasteiger partial charge in [-0.25, -0.2) is 4.98 Å². The summed E-state index contributed by atoms with van der Waals surface area (Å²) < 4.78 is 40.9. The van der Waals surface area contributed by atoms with Gasteiger partial charge in [0.15, 0.2) is 0 Å². The number of halogens is 3. The minimum absolute atomic E-state index is 0.138. The van der Waals surface area contributed by atoms with E-state index in [2.05, 4.69) is 62.0 Å². The van der Waals surface area contributed by atoms with Gasteiger partial charge >= 0.3 is 6.18 Å². The zero-order valence-electron chi connectivity index (χ0n) is 22.9. The molecule has 3 aromatic rings. The number of aromatic nitrogens is 3. The molecule has 0 radical (unpaired) electrons. The third-order valence-electron chi connectivity index (χ3n) is 6.93. The highest BCUT2D eigenvalue weighted by molar-refractivity contribution is 5.99. The molecule has 1 amide bonds. The summed E-state index contributed by atoms with van der Waals surface area (Å²) >= 11 is 0. The number of amides is 1. The third kappa shape index (κ3) is 6.30. The standard InChI is InChI=1S/C28H34F3N7O/c1-16(2)34-25(39)22-15-33-26(36-19-8-7-17-12-21(38(5)6)13-18(17)11-19)37-24(22)35-20-9-10-32-23(14-20)27(3,4)28(29,30)31/h7-11,14-16,21H,12-13H2,1-6H3,(H,34,39)(H2,32,33,35,36,37). The Bertz CT molecular complexity index is 1360. The van der Waals surface area contributed by atoms with Crippen LogP contribution in [0.25, 0.3) is 0 Å². The molecule has 0 saturated heterocycles. The van der Waals surface area contributed by atoms with E-state index in [1.807, 2.05) is 19.9 Å². The molecule has 4 rings (SSSR count). The van der Waals surface area contributed by atoms with Crippen LogP contribution < -0.4 is 16.0 Å². The summed E-state index contributed by atoms with van der Waals surface area (Å²) in [5.41, 5.74) is 1.50. The van der Waals surface area contributed by atoms with E-state index in [4.69, 9.17) is 0 Å². The molecule has 0 aliphatic heterocycles. The van der Waals surface area contributed by atoms with Gasteiger partial charge in [-0.1, -0.05) is 6.07 Å². The van der Waals surface area contributed by atoms with Crippen LogP contribution in [0.1, 0.15) is 54.9 Å². The highest BCUT2D eigenvalue weighted by Crippen LogP contribution is 2.40. The summed E-state index contributed by atoms with van der Waals surface area (Å²) in [6.07, 6.45) is 0.136. The van der Waals surface area contributed by atoms with Crippen LogP contribution in [0.2, 0.25) is 0 Å². The summed E-state index contributed by atoms with van der Waals surface area (Å²) in [7, 11) is 4.15. The maximum absolute atomic E-state index is 13.6. The van der Waals surface area contributed by atoms with E-state index >= 15 is 0 Å². The third-order valence-corrected chi connectivity index (χ3v) is 6.93. The van der Waals surface area contributed by atoms with Crippen molar-refractivity contribution in [2.75, 3.05) is 24.7 Å². The van der Waals surface area contributed by atoms with Crippen molar-refractivity contribution >= 4 is 29.0 Å². The van der Waals surface area contributed by atoms with E-state index in [1.165, 1.54) is 35.7 Å². The molecular formula is C28H34F3N7O. The Hall–Kier alpha value is -3.73. The summed E-state index contributed by atoms with van der Waals surface area (Å²) in [5, 5.41) is 9.02. The minimum Gasteiger partial charge on any atom is -0.350 e. The number of likely N-dealkylation sites (N-methyl/N-ethyl adjacent to an activating group) is 1. The second kappa shape index (κ2) is 10.8. The van der Waals surface area contributed by atoms with Crippen molar-refractivity contribution in [1.82, 2.24) is 25.2 Å². The second-order valence-corrected chi connectivity index (χ2v) is 10.9. The first-order valence-electron chi connectivity index (χ1n) is 12.8. The highest BCUT2D eigenvalue weighted by atomic mass is 19.4. The largest absolute Gasteiger partial charge is 0.399 e. The maximum Gasteiger partial charge on any atom is 0.399 e. The molecule has 0 spiro atoms. The van der Waals surface area contributed by atoms with Gasteiger partial charge in [0.25, 0.3) is 5.91 Å². The smallest absolute Gasteiger partial charge is 0.350 e. The van der Waals surface area contributed by atoms with E-state index in [9.17, 15) is 18.0 Å². The van der Waals surface area contributed by atoms with Gasteiger partial charge < -0.3 is 20.9 Å². The number of nitrogens with one attached hydrogen (secondary N) is 3. The zero-order chi connectivity index (χ0) is 28.5. The molecule has 1 aliphatic rings. The lowest BCUT2D eigenvalue weighted by Gasteiger charge is -2.27. The Balaban J connectivity index is 1.64. The maximum atomic E-state index is 13.6. The van der Waals surface area contributed by atoms with Gasteiger partial charge in [-0.2, -0.15) is 18.2 Å². The first kappa shape index (κ1) is 28.3. The van der Waals surface area contributed by atoms with E-state index in [-0.39, 0.29) is 29.1 Å². The van der Waals surface area contributed by atoms with Crippen LogP contribution in [-0.2, 0) is 18.3 Å². The van der Waals surface area contributed by atoms with Gasteiger partial charge in [-0.3, -0.25) is 9.78 Å². The summed E-state index contributed by atoms with van der Waals surface area (Å²) in [4.78, 5) is 27.9. The molecule has 11 heteroatoms. The first-order chi connectivity index (χ1) is 18.2. The molecule has 3 N–H and O–H groups in total. The van der Waals surface area contributed by atoms with Crippen LogP contribution >= 0.6 is 0 Å². The quantitative estimate of drug-likeness (QED) is 0.353. The van der Waals surface area contributed by atoms with Crippen LogP contribution in [0, 0.1) is 0 Å². The molecule has 2 heterocycles. The number of benzene rings is 1. The van der Waals surface area contributed by atoms with Crippen molar-refractivity contribution in [3.05, 3.63) is 65.1 Å². The van der Waals surface area contributed by atoms with E-state index in [1.54, 1.807) is 0 Å². The van der Waals surface area contributed by atoms with Crippen molar-refractivity contribution in [3.8, 4) is 0 Å². The number of alkyl halides is 3. The van der Waals surface area contributed by atoms with Gasteiger partial charge in [-0.05, 0) is 90.0 Å². The van der Waals surface area contributed by atoms with Crippen LogP contribution in [0.15, 0.2) is 42.7 Å². The van der Waals surface area contributed by atoms with Crippen LogP contribution in [0.4, 0.5) is 36.3 Å². The van der Waals surface area contributed by atoms with E-state index in [0.717, 1.165) is 32.4 Å². The molecule has 2 aromatic heterocycles. The molecule has 1 aromatic carbocycles. The monoisotopic (exact) mass is 541 g/mol. The number of pyridine rings is 1. The van der Waals surface area contributed by atoms with E-state index in [0.29, 0.717) is 11.7 Å². The van der Waals surface area contributed by atoms with Crippen LogP contribution in [-0.4, -0.2) is 58.1 Å². The average molecular weight is 542 g/mol. The van der Waals surface area contributed by atoms with Crippen molar-refractivity contribution in [2.24, 2.45) is 0 Å². The number of carbonyl (C=O) groups is 1. The lowest BCUT2D eigenvalue weighted by Crippen LogP contribution is -2.37. The van der Waals surface area contributed by atoms with Gasteiger partial charge in [0.2, 0.25) is 5.95 Å². The molecule has 1 atom stereocenters. The molecule has 0 saturated carbocycles. The molecule has 8 nitrogen and oxygen atoms in total. The first-order valence-corrected chi connectivity index (χ1v) is 12.8. The molecule has 39 heavy (non-hydrogen) atoms. The van der Waals surface area contributed by atoms with Gasteiger partial charge in [0.05, 0.1) is 5.69 Å². The van der Waals surface area contributed by atoms with Gasteiger partial charge in [0.1, 0.15) is 16.8 Å². The molecule has 1 aliphatic carbocycles. The lowest BCUT2D eigenvalue weighted by atomic mass is 9.88. The molecular weight excluding hydrogens is 507 g/mol. The summed E-state index contributed by atoms with van der Waals surface area (Å²) in [6, 6.07) is 9.27. The molecule has 1 unspecified atom stereocenters. The summed E-state index contributed by atoms with van der Waals surface area (Å²) in [6.45, 7) is 5.80. The molecule has 208 valence electrons. The van der Waals surface area contributed by atoms with E-state index < -0.39 is 17.5 Å². The number of rotatable bonds is 8. The Labute approximate surface area is 226 Å². The Kier molecular flexibility index (Phi) is 7.83. The zero-order valence-corrected chi connectivity index (χ0v) is 22.9. The molecule has 0 bridgehead atoms. The number of hydrogen-bond acceptors (Lipinski definition) is 7. The fourth-order valence-electron chi connectivity index (χ4n) is 4.34. The number of fused-ring (bicyclic) bond motifs is 1. The van der Waals surface area contributed by atoms with Crippen molar-refractivity contribution in [2.45, 2.75) is 64.2 Å². The Morgan fingerprint density at radius 3 is 2.36 bits per heavy atom. The van der Waals surface area contributed by atoms with Crippen molar-refractivity contribution in [1.29, 1.82) is 0 Å².